The fraction of sp³-hybridized carbons (Fsp3) is 0.867. The fourth-order valence-electron chi connectivity index (χ4n) is 3.26. The second-order valence-electron chi connectivity index (χ2n) is 7.19. The van der Waals surface area contributed by atoms with Gasteiger partial charge in [-0.05, 0) is 47.6 Å². The third kappa shape index (κ3) is 3.15. The first-order chi connectivity index (χ1) is 9.66. The molecule has 2 atom stereocenters. The number of likely N-dealkylation sites (N-methyl/N-ethyl adjacent to an activating group) is 1. The fourth-order valence-corrected chi connectivity index (χ4v) is 3.26. The third-order valence-electron chi connectivity index (χ3n) is 4.45. The lowest BCUT2D eigenvalue weighted by atomic mass is 9.80. The van der Waals surface area contributed by atoms with Crippen molar-refractivity contribution in [1.29, 1.82) is 0 Å². The quantitative estimate of drug-likeness (QED) is 0.730. The Balaban J connectivity index is 2.08. The molecule has 1 spiro atoms. The first kappa shape index (κ1) is 16.1. The van der Waals surface area contributed by atoms with Crippen molar-refractivity contribution in [2.75, 3.05) is 26.7 Å². The van der Waals surface area contributed by atoms with E-state index >= 15 is 0 Å². The van der Waals surface area contributed by atoms with E-state index in [2.05, 4.69) is 10.2 Å². The minimum atomic E-state index is -0.495. The smallest absolute Gasteiger partial charge is 0.410 e. The van der Waals surface area contributed by atoms with Gasteiger partial charge in [0.1, 0.15) is 11.1 Å². The number of amides is 2. The summed E-state index contributed by atoms with van der Waals surface area (Å²) >= 11 is 0. The second-order valence-corrected chi connectivity index (χ2v) is 7.19. The molecule has 0 aromatic heterocycles. The number of nitrogens with zero attached hydrogens (tertiary/aromatic N) is 2. The highest BCUT2D eigenvalue weighted by Gasteiger charge is 2.49. The average molecular weight is 297 g/mol. The largest absolute Gasteiger partial charge is 0.444 e. The Hall–Kier alpha value is -1.30. The van der Waals surface area contributed by atoms with E-state index in [1.165, 1.54) is 0 Å². The molecule has 0 bridgehead atoms. The highest BCUT2D eigenvalue weighted by Crippen LogP contribution is 2.34. The Morgan fingerprint density at radius 1 is 1.38 bits per heavy atom. The van der Waals surface area contributed by atoms with Gasteiger partial charge < -0.3 is 15.0 Å². The SMILES string of the molecule is CC1CC2(CCN1C(=O)OC(C)(C)C)C(=O)NCCN2C. The number of rotatable bonds is 0. The van der Waals surface area contributed by atoms with Crippen LogP contribution in [0.1, 0.15) is 40.5 Å². The van der Waals surface area contributed by atoms with E-state index in [0.717, 1.165) is 6.54 Å². The predicted octanol–water partition coefficient (Wildman–Crippen LogP) is 1.21. The first-order valence-corrected chi connectivity index (χ1v) is 7.65. The van der Waals surface area contributed by atoms with E-state index in [0.29, 0.717) is 25.9 Å². The number of carbonyl (C=O) groups is 2. The van der Waals surface area contributed by atoms with Crippen molar-refractivity contribution in [1.82, 2.24) is 15.1 Å². The van der Waals surface area contributed by atoms with Crippen LogP contribution < -0.4 is 5.32 Å². The van der Waals surface area contributed by atoms with E-state index in [1.807, 2.05) is 34.7 Å². The van der Waals surface area contributed by atoms with Crippen LogP contribution in [0, 0.1) is 0 Å². The molecule has 0 radical (unpaired) electrons. The second kappa shape index (κ2) is 5.48. The molecule has 0 aromatic carbocycles. The Morgan fingerprint density at radius 2 is 2.05 bits per heavy atom. The van der Waals surface area contributed by atoms with Crippen LogP contribution in [0.25, 0.3) is 0 Å². The maximum absolute atomic E-state index is 12.3. The van der Waals surface area contributed by atoms with Gasteiger partial charge in [-0.3, -0.25) is 9.69 Å². The van der Waals surface area contributed by atoms with Crippen molar-refractivity contribution >= 4 is 12.0 Å². The molecule has 2 amide bonds. The summed E-state index contributed by atoms with van der Waals surface area (Å²) in [5, 5.41) is 2.96. The molecule has 0 aliphatic carbocycles. The maximum atomic E-state index is 12.3. The highest BCUT2D eigenvalue weighted by molar-refractivity contribution is 5.87. The zero-order valence-corrected chi connectivity index (χ0v) is 13.7. The normalized spacial score (nSPS) is 31.2. The van der Waals surface area contributed by atoms with Gasteiger partial charge >= 0.3 is 6.09 Å². The Labute approximate surface area is 126 Å². The lowest BCUT2D eigenvalue weighted by Crippen LogP contribution is -2.68. The van der Waals surface area contributed by atoms with E-state index in [9.17, 15) is 9.59 Å². The number of nitrogens with one attached hydrogen (secondary N) is 1. The van der Waals surface area contributed by atoms with Crippen LogP contribution in [0.15, 0.2) is 0 Å². The Morgan fingerprint density at radius 3 is 2.57 bits per heavy atom. The number of hydrogen-bond acceptors (Lipinski definition) is 4. The lowest BCUT2D eigenvalue weighted by Gasteiger charge is -2.50. The van der Waals surface area contributed by atoms with Crippen molar-refractivity contribution in [2.45, 2.75) is 57.7 Å². The molecule has 2 heterocycles. The molecule has 2 unspecified atom stereocenters. The molecular weight excluding hydrogens is 270 g/mol. The summed E-state index contributed by atoms with van der Waals surface area (Å²) < 4.78 is 5.45. The van der Waals surface area contributed by atoms with E-state index in [-0.39, 0.29) is 18.0 Å². The van der Waals surface area contributed by atoms with Crippen LogP contribution in [0.2, 0.25) is 0 Å². The summed E-state index contributed by atoms with van der Waals surface area (Å²) in [6.07, 6.45) is 1.01. The van der Waals surface area contributed by atoms with Crippen LogP contribution in [0.3, 0.4) is 0 Å². The summed E-state index contributed by atoms with van der Waals surface area (Å²) in [4.78, 5) is 28.5. The van der Waals surface area contributed by atoms with Crippen molar-refractivity contribution in [3.8, 4) is 0 Å². The number of piperazine rings is 1. The number of carbonyl (C=O) groups excluding carboxylic acids is 2. The summed E-state index contributed by atoms with van der Waals surface area (Å²) in [6.45, 7) is 9.68. The topological polar surface area (TPSA) is 61.9 Å². The Kier molecular flexibility index (Phi) is 4.19. The zero-order valence-electron chi connectivity index (χ0n) is 13.7. The molecule has 6 heteroatoms. The van der Waals surface area contributed by atoms with Gasteiger partial charge in [-0.25, -0.2) is 4.79 Å². The van der Waals surface area contributed by atoms with Crippen molar-refractivity contribution in [3.63, 3.8) is 0 Å². The summed E-state index contributed by atoms with van der Waals surface area (Å²) in [5.74, 6) is 0.0898. The lowest BCUT2D eigenvalue weighted by molar-refractivity contribution is -0.141. The molecule has 2 aliphatic heterocycles. The van der Waals surface area contributed by atoms with Gasteiger partial charge in [-0.2, -0.15) is 0 Å². The van der Waals surface area contributed by atoms with Crippen LogP contribution in [-0.2, 0) is 9.53 Å². The molecule has 2 aliphatic rings. The minimum absolute atomic E-state index is 0.0140. The van der Waals surface area contributed by atoms with E-state index in [4.69, 9.17) is 4.74 Å². The first-order valence-electron chi connectivity index (χ1n) is 7.65. The average Bonchev–Trinajstić information content (AvgIpc) is 2.34. The molecule has 1 N–H and O–H groups in total. The molecule has 2 fully saturated rings. The molecule has 0 aromatic rings. The van der Waals surface area contributed by atoms with Crippen molar-refractivity contribution < 1.29 is 14.3 Å². The standard InChI is InChI=1S/C15H27N3O3/c1-11-10-15(12(19)16-7-9-17(15)5)6-8-18(11)13(20)21-14(2,3)4/h11H,6-10H2,1-5H3,(H,16,19). The third-order valence-corrected chi connectivity index (χ3v) is 4.45. The van der Waals surface area contributed by atoms with Crippen LogP contribution in [0.5, 0.6) is 0 Å². The van der Waals surface area contributed by atoms with Gasteiger partial charge in [0.05, 0.1) is 0 Å². The number of ether oxygens (including phenoxy) is 1. The molecule has 21 heavy (non-hydrogen) atoms. The van der Waals surface area contributed by atoms with Crippen LogP contribution in [0.4, 0.5) is 4.79 Å². The van der Waals surface area contributed by atoms with Gasteiger partial charge in [0.25, 0.3) is 0 Å². The van der Waals surface area contributed by atoms with Crippen molar-refractivity contribution in [2.24, 2.45) is 0 Å². The summed E-state index contributed by atoms with van der Waals surface area (Å²) in [7, 11) is 1.99. The highest BCUT2D eigenvalue weighted by atomic mass is 16.6. The monoisotopic (exact) mass is 297 g/mol. The van der Waals surface area contributed by atoms with Crippen LogP contribution >= 0.6 is 0 Å². The summed E-state index contributed by atoms with van der Waals surface area (Å²) in [6, 6.07) is -0.0140. The molecule has 120 valence electrons. The number of likely N-dealkylation sites (tertiary alicyclic amines) is 1. The molecule has 6 nitrogen and oxygen atoms in total. The van der Waals surface area contributed by atoms with E-state index < -0.39 is 11.1 Å². The molecule has 2 saturated heterocycles. The van der Waals surface area contributed by atoms with Crippen LogP contribution in [-0.4, -0.2) is 65.7 Å². The zero-order chi connectivity index (χ0) is 15.8. The van der Waals surface area contributed by atoms with Gasteiger partial charge in [0, 0.05) is 25.7 Å². The summed E-state index contributed by atoms with van der Waals surface area (Å²) in [5.41, 5.74) is -0.971. The minimum Gasteiger partial charge on any atom is -0.444 e. The molecule has 0 saturated carbocycles. The number of piperidine rings is 1. The van der Waals surface area contributed by atoms with Gasteiger partial charge in [-0.1, -0.05) is 0 Å². The van der Waals surface area contributed by atoms with Gasteiger partial charge in [0.2, 0.25) is 5.91 Å². The van der Waals surface area contributed by atoms with Gasteiger partial charge in [-0.15, -0.1) is 0 Å². The van der Waals surface area contributed by atoms with Gasteiger partial charge in [0.15, 0.2) is 0 Å². The molecular formula is C15H27N3O3. The molecule has 2 rings (SSSR count). The predicted molar refractivity (Wildman–Crippen MR) is 80.0 cm³/mol. The van der Waals surface area contributed by atoms with Crippen molar-refractivity contribution in [3.05, 3.63) is 0 Å². The Bertz CT molecular complexity index is 432. The maximum Gasteiger partial charge on any atom is 0.410 e. The number of hydrogen-bond donors (Lipinski definition) is 1. The van der Waals surface area contributed by atoms with E-state index in [1.54, 1.807) is 4.90 Å².